The van der Waals surface area contributed by atoms with E-state index in [4.69, 9.17) is 9.72 Å². The summed E-state index contributed by atoms with van der Waals surface area (Å²) in [6, 6.07) is 9.00. The molecular formula is C23H23FN6O. The number of aromatic amines is 1. The van der Waals surface area contributed by atoms with E-state index in [0.717, 1.165) is 46.8 Å². The maximum absolute atomic E-state index is 13.2. The Hall–Kier alpha value is -3.52. The SMILES string of the molecule is Cc1cc(-n2cc(C3=CCOCC3)c3ccc(N[C@@H](C)c4ccc(F)cn4)nc32)n[nH]1. The van der Waals surface area contributed by atoms with E-state index in [1.54, 1.807) is 6.07 Å². The van der Waals surface area contributed by atoms with Gasteiger partial charge in [-0.25, -0.2) is 9.37 Å². The molecule has 158 valence electrons. The second-order valence-corrected chi connectivity index (χ2v) is 7.71. The third kappa shape index (κ3) is 3.82. The van der Waals surface area contributed by atoms with Gasteiger partial charge in [0, 0.05) is 28.9 Å². The molecule has 2 N–H and O–H groups in total. The maximum Gasteiger partial charge on any atom is 0.160 e. The number of nitrogens with one attached hydrogen (secondary N) is 2. The average molecular weight is 418 g/mol. The van der Waals surface area contributed by atoms with Crippen LogP contribution >= 0.6 is 0 Å². The van der Waals surface area contributed by atoms with Crippen LogP contribution in [0.3, 0.4) is 0 Å². The molecule has 0 aromatic carbocycles. The first-order valence-corrected chi connectivity index (χ1v) is 10.3. The molecule has 1 aliphatic heterocycles. The van der Waals surface area contributed by atoms with Crippen molar-refractivity contribution in [2.45, 2.75) is 26.3 Å². The van der Waals surface area contributed by atoms with Gasteiger partial charge in [-0.05, 0) is 50.1 Å². The van der Waals surface area contributed by atoms with Gasteiger partial charge in [-0.1, -0.05) is 6.08 Å². The van der Waals surface area contributed by atoms with E-state index in [1.807, 2.05) is 30.5 Å². The number of aryl methyl sites for hydroxylation is 1. The maximum atomic E-state index is 13.2. The number of aromatic nitrogens is 5. The predicted octanol–water partition coefficient (Wildman–Crippen LogP) is 4.57. The Balaban J connectivity index is 1.56. The second-order valence-electron chi connectivity index (χ2n) is 7.71. The van der Waals surface area contributed by atoms with E-state index in [9.17, 15) is 4.39 Å². The van der Waals surface area contributed by atoms with Crippen LogP contribution < -0.4 is 5.32 Å². The van der Waals surface area contributed by atoms with Gasteiger partial charge in [-0.15, -0.1) is 0 Å². The van der Waals surface area contributed by atoms with Gasteiger partial charge in [0.2, 0.25) is 0 Å². The molecule has 0 spiro atoms. The highest BCUT2D eigenvalue weighted by Crippen LogP contribution is 2.32. The Morgan fingerprint density at radius 1 is 1.26 bits per heavy atom. The van der Waals surface area contributed by atoms with Crippen LogP contribution in [0, 0.1) is 12.7 Å². The lowest BCUT2D eigenvalue weighted by Crippen LogP contribution is -2.10. The highest BCUT2D eigenvalue weighted by molar-refractivity contribution is 5.93. The molecule has 0 amide bonds. The minimum Gasteiger partial charge on any atom is -0.377 e. The topological polar surface area (TPSA) is 80.7 Å². The minimum absolute atomic E-state index is 0.126. The summed E-state index contributed by atoms with van der Waals surface area (Å²) in [6.07, 6.45) is 6.32. The first-order valence-electron chi connectivity index (χ1n) is 10.3. The molecule has 8 heteroatoms. The van der Waals surface area contributed by atoms with E-state index in [0.29, 0.717) is 12.4 Å². The first-order chi connectivity index (χ1) is 15.1. The number of halogens is 1. The molecular weight excluding hydrogens is 395 g/mol. The normalized spacial score (nSPS) is 15.1. The molecule has 0 fully saturated rings. The molecule has 31 heavy (non-hydrogen) atoms. The number of hydrogen-bond donors (Lipinski definition) is 2. The molecule has 5 rings (SSSR count). The number of fused-ring (bicyclic) bond motifs is 1. The molecule has 0 bridgehead atoms. The monoisotopic (exact) mass is 418 g/mol. The molecule has 1 atom stereocenters. The van der Waals surface area contributed by atoms with Crippen molar-refractivity contribution in [3.05, 3.63) is 71.6 Å². The van der Waals surface area contributed by atoms with Crippen molar-refractivity contribution in [3.63, 3.8) is 0 Å². The van der Waals surface area contributed by atoms with Gasteiger partial charge < -0.3 is 10.1 Å². The van der Waals surface area contributed by atoms with E-state index in [-0.39, 0.29) is 11.9 Å². The fraction of sp³-hybridized carbons (Fsp3) is 0.261. The van der Waals surface area contributed by atoms with Crippen molar-refractivity contribution in [2.75, 3.05) is 18.5 Å². The van der Waals surface area contributed by atoms with Crippen molar-refractivity contribution in [1.29, 1.82) is 0 Å². The summed E-state index contributed by atoms with van der Waals surface area (Å²) in [5, 5.41) is 11.9. The number of rotatable bonds is 5. The lowest BCUT2D eigenvalue weighted by molar-refractivity contribution is 0.161. The molecule has 4 aromatic heterocycles. The Kier molecular flexibility index (Phi) is 4.99. The van der Waals surface area contributed by atoms with Crippen LogP contribution in [0.25, 0.3) is 22.4 Å². The van der Waals surface area contributed by atoms with Crippen molar-refractivity contribution in [3.8, 4) is 5.82 Å². The van der Waals surface area contributed by atoms with E-state index in [2.05, 4.69) is 38.8 Å². The number of anilines is 1. The molecule has 1 aliphatic rings. The molecule has 0 aliphatic carbocycles. The van der Waals surface area contributed by atoms with Crippen molar-refractivity contribution in [2.24, 2.45) is 0 Å². The van der Waals surface area contributed by atoms with Gasteiger partial charge in [0.15, 0.2) is 5.82 Å². The minimum atomic E-state index is -0.349. The number of H-pyrrole nitrogens is 1. The first kappa shape index (κ1) is 19.4. The molecule has 7 nitrogen and oxygen atoms in total. The van der Waals surface area contributed by atoms with Crippen LogP contribution in [-0.4, -0.2) is 37.9 Å². The number of hydrogen-bond acceptors (Lipinski definition) is 5. The van der Waals surface area contributed by atoms with Crippen molar-refractivity contribution < 1.29 is 9.13 Å². The van der Waals surface area contributed by atoms with E-state index in [1.165, 1.54) is 17.8 Å². The lowest BCUT2D eigenvalue weighted by Gasteiger charge is -2.15. The van der Waals surface area contributed by atoms with Crippen LogP contribution in [0.1, 0.15) is 36.3 Å². The van der Waals surface area contributed by atoms with Gasteiger partial charge in [0.05, 0.1) is 31.1 Å². The number of ether oxygens (including phenoxy) is 1. The summed E-state index contributed by atoms with van der Waals surface area (Å²) in [5.74, 6) is 1.15. The highest BCUT2D eigenvalue weighted by atomic mass is 19.1. The van der Waals surface area contributed by atoms with Crippen LogP contribution in [0.5, 0.6) is 0 Å². The molecule has 0 radical (unpaired) electrons. The molecule has 0 unspecified atom stereocenters. The summed E-state index contributed by atoms with van der Waals surface area (Å²) in [5.41, 5.74) is 4.95. The summed E-state index contributed by atoms with van der Waals surface area (Å²) >= 11 is 0. The lowest BCUT2D eigenvalue weighted by atomic mass is 10.0. The zero-order chi connectivity index (χ0) is 21.4. The Morgan fingerprint density at radius 3 is 2.87 bits per heavy atom. The Morgan fingerprint density at radius 2 is 2.16 bits per heavy atom. The zero-order valence-corrected chi connectivity index (χ0v) is 17.4. The average Bonchev–Trinajstić information content (AvgIpc) is 3.38. The van der Waals surface area contributed by atoms with Gasteiger partial charge in [-0.2, -0.15) is 5.10 Å². The third-order valence-corrected chi connectivity index (χ3v) is 5.46. The van der Waals surface area contributed by atoms with Gasteiger partial charge in [-0.3, -0.25) is 14.6 Å². The fourth-order valence-electron chi connectivity index (χ4n) is 3.85. The van der Waals surface area contributed by atoms with Crippen LogP contribution in [0.4, 0.5) is 10.2 Å². The van der Waals surface area contributed by atoms with Gasteiger partial charge >= 0.3 is 0 Å². The number of pyridine rings is 2. The summed E-state index contributed by atoms with van der Waals surface area (Å²) in [7, 11) is 0. The Bertz CT molecular complexity index is 1260. The molecule has 0 saturated heterocycles. The van der Waals surface area contributed by atoms with Gasteiger partial charge in [0.25, 0.3) is 0 Å². The smallest absolute Gasteiger partial charge is 0.160 e. The fourth-order valence-corrected chi connectivity index (χ4v) is 3.85. The summed E-state index contributed by atoms with van der Waals surface area (Å²) < 4.78 is 20.7. The third-order valence-electron chi connectivity index (χ3n) is 5.46. The van der Waals surface area contributed by atoms with Crippen molar-refractivity contribution in [1.82, 2.24) is 24.7 Å². The van der Waals surface area contributed by atoms with Gasteiger partial charge in [0.1, 0.15) is 17.3 Å². The summed E-state index contributed by atoms with van der Waals surface area (Å²) in [6.45, 7) is 5.29. The summed E-state index contributed by atoms with van der Waals surface area (Å²) in [4.78, 5) is 9.06. The molecule has 0 saturated carbocycles. The Labute approximate surface area is 179 Å². The highest BCUT2D eigenvalue weighted by Gasteiger charge is 2.18. The molecule has 5 heterocycles. The van der Waals surface area contributed by atoms with E-state index < -0.39 is 0 Å². The second kappa shape index (κ2) is 7.96. The predicted molar refractivity (Wildman–Crippen MR) is 118 cm³/mol. The van der Waals surface area contributed by atoms with Crippen molar-refractivity contribution >= 4 is 22.4 Å². The van der Waals surface area contributed by atoms with Crippen LogP contribution in [0.15, 0.2) is 48.8 Å². The zero-order valence-electron chi connectivity index (χ0n) is 17.4. The largest absolute Gasteiger partial charge is 0.377 e. The van der Waals surface area contributed by atoms with Crippen LogP contribution in [-0.2, 0) is 4.74 Å². The quantitative estimate of drug-likeness (QED) is 0.496. The standard InChI is InChI=1S/C23H23FN6O/c1-14-11-22(29-28-14)30-13-19(16-7-9-31-10-8-16)18-4-6-21(27-23(18)30)26-15(2)20-5-3-17(24)12-25-20/h3-7,11-13,15H,8-10H2,1-2H3,(H,26,27)(H,28,29)/t15-/m0/s1. The number of nitrogens with zero attached hydrogens (tertiary/aromatic N) is 4. The van der Waals surface area contributed by atoms with E-state index >= 15 is 0 Å². The van der Waals surface area contributed by atoms with Crippen LogP contribution in [0.2, 0.25) is 0 Å². The molecule has 4 aromatic rings.